The van der Waals surface area contributed by atoms with Crippen molar-refractivity contribution in [2.24, 2.45) is 5.92 Å². The van der Waals surface area contributed by atoms with Gasteiger partial charge in [0, 0.05) is 29.4 Å². The Hall–Kier alpha value is -1.20. The zero-order valence-electron chi connectivity index (χ0n) is 13.1. The van der Waals surface area contributed by atoms with Gasteiger partial charge in [0.05, 0.1) is 6.04 Å². The van der Waals surface area contributed by atoms with Gasteiger partial charge in [-0.3, -0.25) is 14.3 Å². The van der Waals surface area contributed by atoms with Crippen LogP contribution in [0.5, 0.6) is 0 Å². The van der Waals surface area contributed by atoms with Gasteiger partial charge in [-0.25, -0.2) is 0 Å². The standard InChI is InChI=1S/C16H24N2O2S/c1-11(2)14-16(19)18(9-10-21(4)20)15(17-14)13-7-5-12(3)6-8-13/h5-8,11,14-15,17H,9-10H2,1-4H3. The highest BCUT2D eigenvalue weighted by atomic mass is 32.2. The molecule has 5 heteroatoms. The van der Waals surface area contributed by atoms with Crippen molar-refractivity contribution < 1.29 is 9.00 Å². The molecular formula is C16H24N2O2S. The van der Waals surface area contributed by atoms with Gasteiger partial charge in [-0.2, -0.15) is 0 Å². The molecule has 21 heavy (non-hydrogen) atoms. The molecule has 1 aromatic rings. The Labute approximate surface area is 129 Å². The van der Waals surface area contributed by atoms with Crippen LogP contribution in [0.1, 0.15) is 31.1 Å². The van der Waals surface area contributed by atoms with Crippen LogP contribution in [0, 0.1) is 12.8 Å². The van der Waals surface area contributed by atoms with E-state index in [1.54, 1.807) is 6.26 Å². The fourth-order valence-electron chi connectivity index (χ4n) is 2.61. The van der Waals surface area contributed by atoms with Crippen molar-refractivity contribution in [2.45, 2.75) is 33.0 Å². The minimum Gasteiger partial charge on any atom is -0.321 e. The van der Waals surface area contributed by atoms with Gasteiger partial charge in [0.25, 0.3) is 0 Å². The first-order chi connectivity index (χ1) is 9.90. The van der Waals surface area contributed by atoms with Gasteiger partial charge >= 0.3 is 0 Å². The predicted octanol–water partition coefficient (Wildman–Crippen LogP) is 1.83. The molecule has 3 atom stereocenters. The molecule has 1 saturated heterocycles. The molecule has 1 aliphatic rings. The second-order valence-electron chi connectivity index (χ2n) is 6.01. The summed E-state index contributed by atoms with van der Waals surface area (Å²) in [5.41, 5.74) is 2.28. The summed E-state index contributed by atoms with van der Waals surface area (Å²) in [6, 6.07) is 8.06. The maximum Gasteiger partial charge on any atom is 0.241 e. The van der Waals surface area contributed by atoms with Gasteiger partial charge in [0.1, 0.15) is 6.17 Å². The number of aryl methyl sites for hydroxylation is 1. The number of carbonyl (C=O) groups excluding carboxylic acids is 1. The van der Waals surface area contributed by atoms with E-state index >= 15 is 0 Å². The van der Waals surface area contributed by atoms with Crippen LogP contribution in [0.2, 0.25) is 0 Å². The summed E-state index contributed by atoms with van der Waals surface area (Å²) >= 11 is 0. The molecule has 0 spiro atoms. The van der Waals surface area contributed by atoms with Gasteiger partial charge in [-0.05, 0) is 18.4 Å². The third-order valence-corrected chi connectivity index (χ3v) is 4.64. The number of amides is 1. The average molecular weight is 308 g/mol. The molecule has 1 aliphatic heterocycles. The fraction of sp³-hybridized carbons (Fsp3) is 0.562. The van der Waals surface area contributed by atoms with Crippen molar-refractivity contribution in [2.75, 3.05) is 18.6 Å². The second kappa shape index (κ2) is 6.71. The highest BCUT2D eigenvalue weighted by Crippen LogP contribution is 2.28. The molecule has 1 amide bonds. The molecule has 3 unspecified atom stereocenters. The van der Waals surface area contributed by atoms with Crippen LogP contribution in [-0.4, -0.2) is 39.6 Å². The molecular weight excluding hydrogens is 284 g/mol. The third kappa shape index (κ3) is 3.71. The molecule has 0 aromatic heterocycles. The van der Waals surface area contributed by atoms with Crippen molar-refractivity contribution in [3.05, 3.63) is 35.4 Å². The lowest BCUT2D eigenvalue weighted by Crippen LogP contribution is -2.36. The highest BCUT2D eigenvalue weighted by molar-refractivity contribution is 7.84. The monoisotopic (exact) mass is 308 g/mol. The summed E-state index contributed by atoms with van der Waals surface area (Å²) in [7, 11) is -0.895. The molecule has 1 fully saturated rings. The summed E-state index contributed by atoms with van der Waals surface area (Å²) in [5, 5.41) is 3.43. The Morgan fingerprint density at radius 1 is 1.29 bits per heavy atom. The quantitative estimate of drug-likeness (QED) is 0.903. The Kier molecular flexibility index (Phi) is 5.17. The van der Waals surface area contributed by atoms with E-state index in [1.165, 1.54) is 5.56 Å². The smallest absolute Gasteiger partial charge is 0.241 e. The van der Waals surface area contributed by atoms with Crippen LogP contribution >= 0.6 is 0 Å². The Morgan fingerprint density at radius 3 is 2.43 bits per heavy atom. The van der Waals surface area contributed by atoms with Gasteiger partial charge in [0.15, 0.2) is 0 Å². The van der Waals surface area contributed by atoms with Crippen molar-refractivity contribution in [1.82, 2.24) is 10.2 Å². The SMILES string of the molecule is Cc1ccc(C2NC(C(C)C)C(=O)N2CCS(C)=O)cc1. The van der Waals surface area contributed by atoms with Crippen LogP contribution in [0.4, 0.5) is 0 Å². The zero-order valence-corrected chi connectivity index (χ0v) is 13.9. The first-order valence-electron chi connectivity index (χ1n) is 7.33. The molecule has 116 valence electrons. The third-order valence-electron chi connectivity index (χ3n) is 3.88. The van der Waals surface area contributed by atoms with Gasteiger partial charge in [-0.1, -0.05) is 43.7 Å². The molecule has 4 nitrogen and oxygen atoms in total. The number of nitrogens with one attached hydrogen (secondary N) is 1. The summed E-state index contributed by atoms with van der Waals surface area (Å²) in [4.78, 5) is 14.4. The number of benzene rings is 1. The summed E-state index contributed by atoms with van der Waals surface area (Å²) in [6.07, 6.45) is 1.56. The van der Waals surface area contributed by atoms with Crippen molar-refractivity contribution in [3.63, 3.8) is 0 Å². The average Bonchev–Trinajstić information content (AvgIpc) is 2.74. The van der Waals surface area contributed by atoms with E-state index in [9.17, 15) is 9.00 Å². The Bertz CT molecular complexity index is 528. The molecule has 0 bridgehead atoms. The largest absolute Gasteiger partial charge is 0.321 e. The van der Waals surface area contributed by atoms with E-state index < -0.39 is 10.8 Å². The number of rotatable bonds is 5. The first kappa shape index (κ1) is 16.2. The lowest BCUT2D eigenvalue weighted by molar-refractivity contribution is -0.130. The number of nitrogens with zero attached hydrogens (tertiary/aromatic N) is 1. The Balaban J connectivity index is 2.24. The van der Waals surface area contributed by atoms with Crippen LogP contribution in [0.15, 0.2) is 24.3 Å². The lowest BCUT2D eigenvalue weighted by atomic mass is 10.1. The van der Waals surface area contributed by atoms with Crippen molar-refractivity contribution in [3.8, 4) is 0 Å². The summed E-state index contributed by atoms with van der Waals surface area (Å²) in [5.74, 6) is 0.865. The van der Waals surface area contributed by atoms with Crippen LogP contribution < -0.4 is 5.32 Å². The number of carbonyl (C=O) groups is 1. The fourth-order valence-corrected chi connectivity index (χ4v) is 3.06. The molecule has 1 N–H and O–H groups in total. The van der Waals surface area contributed by atoms with Crippen LogP contribution in [0.25, 0.3) is 0 Å². The van der Waals surface area contributed by atoms with Crippen LogP contribution in [0.3, 0.4) is 0 Å². The van der Waals surface area contributed by atoms with E-state index in [2.05, 4.69) is 29.6 Å². The maximum atomic E-state index is 12.6. The molecule has 1 heterocycles. The second-order valence-corrected chi connectivity index (χ2v) is 7.57. The summed E-state index contributed by atoms with van der Waals surface area (Å²) < 4.78 is 11.4. The minimum atomic E-state index is -0.895. The molecule has 2 rings (SSSR count). The van der Waals surface area contributed by atoms with E-state index in [0.717, 1.165) is 5.56 Å². The minimum absolute atomic E-state index is 0.112. The van der Waals surface area contributed by atoms with Gasteiger partial charge in [0.2, 0.25) is 5.91 Å². The lowest BCUT2D eigenvalue weighted by Gasteiger charge is -2.24. The molecule has 0 radical (unpaired) electrons. The highest BCUT2D eigenvalue weighted by Gasteiger charge is 2.40. The predicted molar refractivity (Wildman–Crippen MR) is 86.3 cm³/mol. The molecule has 1 aromatic carbocycles. The maximum absolute atomic E-state index is 12.6. The Morgan fingerprint density at radius 2 is 1.90 bits per heavy atom. The normalized spacial score (nSPS) is 23.9. The van der Waals surface area contributed by atoms with Crippen LogP contribution in [-0.2, 0) is 15.6 Å². The van der Waals surface area contributed by atoms with Gasteiger partial charge in [-0.15, -0.1) is 0 Å². The number of hydrogen-bond donors (Lipinski definition) is 1. The molecule has 0 aliphatic carbocycles. The number of hydrogen-bond acceptors (Lipinski definition) is 3. The zero-order chi connectivity index (χ0) is 15.6. The van der Waals surface area contributed by atoms with Crippen molar-refractivity contribution >= 4 is 16.7 Å². The van der Waals surface area contributed by atoms with Crippen molar-refractivity contribution in [1.29, 1.82) is 0 Å². The first-order valence-corrected chi connectivity index (χ1v) is 9.06. The topological polar surface area (TPSA) is 49.4 Å². The van der Waals surface area contributed by atoms with Gasteiger partial charge < -0.3 is 4.90 Å². The van der Waals surface area contributed by atoms with E-state index in [-0.39, 0.29) is 24.0 Å². The van der Waals surface area contributed by atoms with E-state index in [4.69, 9.17) is 0 Å². The van der Waals surface area contributed by atoms with E-state index in [0.29, 0.717) is 12.3 Å². The summed E-state index contributed by atoms with van der Waals surface area (Å²) in [6.45, 7) is 6.66. The molecule has 0 saturated carbocycles. The van der Waals surface area contributed by atoms with E-state index in [1.807, 2.05) is 25.7 Å².